The van der Waals surface area contributed by atoms with Crippen molar-refractivity contribution in [3.63, 3.8) is 0 Å². The number of aryl methyl sites for hydroxylation is 1. The molecule has 0 saturated carbocycles. The van der Waals surface area contributed by atoms with Gasteiger partial charge in [-0.1, -0.05) is 13.3 Å². The average molecular weight is 310 g/mol. The Balaban J connectivity index is 1.81. The summed E-state index contributed by atoms with van der Waals surface area (Å²) in [6, 6.07) is 0. The molecule has 21 heavy (non-hydrogen) atoms. The van der Waals surface area contributed by atoms with Gasteiger partial charge in [-0.2, -0.15) is 0 Å². The molecular formula is C15H26N4OS. The summed E-state index contributed by atoms with van der Waals surface area (Å²) in [6.45, 7) is 8.95. The van der Waals surface area contributed by atoms with Gasteiger partial charge in [0.1, 0.15) is 0 Å². The van der Waals surface area contributed by atoms with Crippen LogP contribution in [0.3, 0.4) is 0 Å². The van der Waals surface area contributed by atoms with Crippen molar-refractivity contribution in [2.24, 2.45) is 11.7 Å². The van der Waals surface area contributed by atoms with E-state index in [1.165, 1.54) is 0 Å². The van der Waals surface area contributed by atoms with E-state index in [9.17, 15) is 4.79 Å². The fourth-order valence-corrected chi connectivity index (χ4v) is 3.39. The van der Waals surface area contributed by atoms with Crippen LogP contribution in [0.2, 0.25) is 0 Å². The fraction of sp³-hybridized carbons (Fsp3) is 0.733. The topological polar surface area (TPSA) is 62.5 Å². The molecule has 0 aliphatic carbocycles. The van der Waals surface area contributed by atoms with Gasteiger partial charge in [0.2, 0.25) is 5.91 Å². The molecule has 1 atom stereocenters. The molecule has 1 aromatic heterocycles. The quantitative estimate of drug-likeness (QED) is 0.864. The predicted molar refractivity (Wildman–Crippen MR) is 86.2 cm³/mol. The summed E-state index contributed by atoms with van der Waals surface area (Å²) in [7, 11) is 0. The molecule has 0 bridgehead atoms. The number of piperazine rings is 1. The molecule has 1 aliphatic heterocycles. The monoisotopic (exact) mass is 310 g/mol. The van der Waals surface area contributed by atoms with Crippen LogP contribution in [0.25, 0.3) is 0 Å². The number of carbonyl (C=O) groups excluding carboxylic acids is 1. The molecule has 5 nitrogen and oxygen atoms in total. The molecule has 0 radical (unpaired) electrons. The molecule has 1 fully saturated rings. The lowest BCUT2D eigenvalue weighted by Gasteiger charge is -2.36. The summed E-state index contributed by atoms with van der Waals surface area (Å²) in [6.07, 6.45) is 1.91. The minimum absolute atomic E-state index is 0.00254. The molecule has 6 heteroatoms. The number of hydrogen-bond donors (Lipinski definition) is 1. The molecule has 1 saturated heterocycles. The minimum Gasteiger partial charge on any atom is -0.340 e. The van der Waals surface area contributed by atoms with Crippen LogP contribution in [0.4, 0.5) is 0 Å². The maximum Gasteiger partial charge on any atom is 0.227 e. The second-order valence-corrected chi connectivity index (χ2v) is 6.74. The maximum absolute atomic E-state index is 12.4. The number of thiazole rings is 1. The number of nitrogens with zero attached hydrogens (tertiary/aromatic N) is 3. The van der Waals surface area contributed by atoms with Gasteiger partial charge < -0.3 is 10.6 Å². The highest BCUT2D eigenvalue weighted by atomic mass is 32.1. The van der Waals surface area contributed by atoms with E-state index in [0.717, 1.165) is 56.3 Å². The third-order valence-corrected chi connectivity index (χ3v) is 4.83. The Hall–Kier alpha value is -0.980. The molecule has 0 spiro atoms. The van der Waals surface area contributed by atoms with Gasteiger partial charge in [0.15, 0.2) is 0 Å². The van der Waals surface area contributed by atoms with Crippen LogP contribution >= 0.6 is 11.3 Å². The van der Waals surface area contributed by atoms with Crippen LogP contribution in [-0.2, 0) is 11.3 Å². The van der Waals surface area contributed by atoms with Crippen molar-refractivity contribution in [1.29, 1.82) is 0 Å². The van der Waals surface area contributed by atoms with E-state index in [2.05, 4.69) is 22.2 Å². The van der Waals surface area contributed by atoms with Crippen molar-refractivity contribution in [2.45, 2.75) is 33.2 Å². The van der Waals surface area contributed by atoms with Crippen LogP contribution in [0, 0.1) is 12.8 Å². The van der Waals surface area contributed by atoms with Crippen LogP contribution in [0.15, 0.2) is 5.38 Å². The van der Waals surface area contributed by atoms with Crippen molar-refractivity contribution < 1.29 is 4.79 Å². The van der Waals surface area contributed by atoms with Gasteiger partial charge >= 0.3 is 0 Å². The lowest BCUT2D eigenvalue weighted by Crippen LogP contribution is -2.50. The van der Waals surface area contributed by atoms with Gasteiger partial charge in [-0.3, -0.25) is 9.69 Å². The van der Waals surface area contributed by atoms with E-state index < -0.39 is 0 Å². The number of carbonyl (C=O) groups is 1. The number of amides is 1. The Labute approximate surface area is 131 Å². The summed E-state index contributed by atoms with van der Waals surface area (Å²) < 4.78 is 0. The molecule has 2 rings (SSSR count). The SMILES string of the molecule is CCCC(CN)C(=O)N1CCN(Cc2csc(C)n2)CC1. The van der Waals surface area contributed by atoms with Gasteiger partial charge in [0, 0.05) is 44.6 Å². The van der Waals surface area contributed by atoms with Crippen LogP contribution < -0.4 is 5.73 Å². The molecule has 1 aromatic rings. The molecule has 118 valence electrons. The zero-order valence-electron chi connectivity index (χ0n) is 13.0. The zero-order valence-corrected chi connectivity index (χ0v) is 13.9. The van der Waals surface area contributed by atoms with E-state index in [0.29, 0.717) is 6.54 Å². The minimum atomic E-state index is 0.00254. The second-order valence-electron chi connectivity index (χ2n) is 5.68. The predicted octanol–water partition coefficient (Wildman–Crippen LogP) is 1.47. The Morgan fingerprint density at radius 2 is 2.14 bits per heavy atom. The van der Waals surface area contributed by atoms with E-state index in [-0.39, 0.29) is 11.8 Å². The first-order valence-corrected chi connectivity index (χ1v) is 8.64. The van der Waals surface area contributed by atoms with E-state index in [1.807, 2.05) is 11.8 Å². The van der Waals surface area contributed by atoms with Crippen molar-refractivity contribution >= 4 is 17.2 Å². The van der Waals surface area contributed by atoms with E-state index in [1.54, 1.807) is 11.3 Å². The third kappa shape index (κ3) is 4.49. The molecular weight excluding hydrogens is 284 g/mol. The second kappa shape index (κ2) is 7.87. The van der Waals surface area contributed by atoms with E-state index in [4.69, 9.17) is 5.73 Å². The van der Waals surface area contributed by atoms with Gasteiger partial charge in [-0.15, -0.1) is 11.3 Å². The van der Waals surface area contributed by atoms with Gasteiger partial charge in [0.25, 0.3) is 0 Å². The highest BCUT2D eigenvalue weighted by Crippen LogP contribution is 2.15. The fourth-order valence-electron chi connectivity index (χ4n) is 2.79. The molecule has 1 aliphatic rings. The first-order valence-electron chi connectivity index (χ1n) is 7.76. The standard InChI is InChI=1S/C15H26N4OS/c1-3-4-13(9-16)15(20)19-7-5-18(6-8-19)10-14-11-21-12(2)17-14/h11,13H,3-10,16H2,1-2H3. The van der Waals surface area contributed by atoms with Crippen molar-refractivity contribution in [3.8, 4) is 0 Å². The lowest BCUT2D eigenvalue weighted by molar-refractivity contribution is -0.137. The van der Waals surface area contributed by atoms with Crippen molar-refractivity contribution in [2.75, 3.05) is 32.7 Å². The molecule has 0 aromatic carbocycles. The summed E-state index contributed by atoms with van der Waals surface area (Å²) in [5.41, 5.74) is 6.87. The smallest absolute Gasteiger partial charge is 0.227 e. The molecule has 2 heterocycles. The third-order valence-electron chi connectivity index (χ3n) is 4.01. The summed E-state index contributed by atoms with van der Waals surface area (Å²) >= 11 is 1.69. The molecule has 2 N–H and O–H groups in total. The number of nitrogens with two attached hydrogens (primary N) is 1. The van der Waals surface area contributed by atoms with Crippen molar-refractivity contribution in [3.05, 3.63) is 16.1 Å². The largest absolute Gasteiger partial charge is 0.340 e. The van der Waals surface area contributed by atoms with Crippen LogP contribution in [0.5, 0.6) is 0 Å². The van der Waals surface area contributed by atoms with Crippen molar-refractivity contribution in [1.82, 2.24) is 14.8 Å². The highest BCUT2D eigenvalue weighted by Gasteiger charge is 2.26. The molecule has 1 amide bonds. The Morgan fingerprint density at radius 3 is 2.67 bits per heavy atom. The molecule has 1 unspecified atom stereocenters. The highest BCUT2D eigenvalue weighted by molar-refractivity contribution is 7.09. The Morgan fingerprint density at radius 1 is 1.43 bits per heavy atom. The number of hydrogen-bond acceptors (Lipinski definition) is 5. The van der Waals surface area contributed by atoms with Crippen LogP contribution in [0.1, 0.15) is 30.5 Å². The van der Waals surface area contributed by atoms with Crippen LogP contribution in [-0.4, -0.2) is 53.4 Å². The zero-order chi connectivity index (χ0) is 15.2. The average Bonchev–Trinajstić information content (AvgIpc) is 2.90. The summed E-state index contributed by atoms with van der Waals surface area (Å²) in [4.78, 5) is 21.3. The first-order chi connectivity index (χ1) is 10.1. The van der Waals surface area contributed by atoms with Gasteiger partial charge in [0.05, 0.1) is 16.6 Å². The number of rotatable bonds is 6. The van der Waals surface area contributed by atoms with E-state index >= 15 is 0 Å². The normalized spacial score (nSPS) is 18.0. The Bertz CT molecular complexity index is 454. The lowest BCUT2D eigenvalue weighted by atomic mass is 10.0. The summed E-state index contributed by atoms with van der Waals surface area (Å²) in [5.74, 6) is 0.242. The Kier molecular flexibility index (Phi) is 6.14. The first kappa shape index (κ1) is 16.4. The maximum atomic E-state index is 12.4. The van der Waals surface area contributed by atoms with Gasteiger partial charge in [-0.25, -0.2) is 4.98 Å². The van der Waals surface area contributed by atoms with Gasteiger partial charge in [-0.05, 0) is 13.3 Å². The summed E-state index contributed by atoms with van der Waals surface area (Å²) in [5, 5.41) is 3.24. The number of aromatic nitrogens is 1.